The van der Waals surface area contributed by atoms with Gasteiger partial charge in [-0.15, -0.1) is 0 Å². The van der Waals surface area contributed by atoms with Crippen LogP contribution >= 0.6 is 0 Å². The number of esters is 2. The van der Waals surface area contributed by atoms with Crippen molar-refractivity contribution in [3.63, 3.8) is 0 Å². The van der Waals surface area contributed by atoms with E-state index in [0.717, 1.165) is 18.6 Å². The first-order valence-electron chi connectivity index (χ1n) is 6.14. The van der Waals surface area contributed by atoms with Gasteiger partial charge < -0.3 is 9.57 Å². The van der Waals surface area contributed by atoms with Crippen LogP contribution in [0.2, 0.25) is 0 Å². The van der Waals surface area contributed by atoms with Crippen LogP contribution in [-0.2, 0) is 19.2 Å². The van der Waals surface area contributed by atoms with Crippen LogP contribution < -0.4 is 0 Å². The Bertz CT molecular complexity index is 457. The first-order valence-corrected chi connectivity index (χ1v) is 6.14. The molecule has 17 heavy (non-hydrogen) atoms. The molecule has 90 valence electrons. The van der Waals surface area contributed by atoms with Crippen LogP contribution in [0.1, 0.15) is 19.8 Å². The highest BCUT2D eigenvalue weighted by atomic mass is 16.6. The molecule has 0 N–H and O–H groups in total. The molecule has 5 aliphatic rings. The van der Waals surface area contributed by atoms with E-state index in [-0.39, 0.29) is 47.6 Å². The van der Waals surface area contributed by atoms with E-state index >= 15 is 0 Å². The van der Waals surface area contributed by atoms with Crippen molar-refractivity contribution in [2.45, 2.75) is 25.9 Å². The van der Waals surface area contributed by atoms with Gasteiger partial charge in [-0.05, 0) is 25.7 Å². The van der Waals surface area contributed by atoms with Gasteiger partial charge in [0, 0.05) is 11.8 Å². The third-order valence-electron chi connectivity index (χ3n) is 4.93. The Morgan fingerprint density at radius 2 is 1.71 bits per heavy atom. The third kappa shape index (κ3) is 0.983. The van der Waals surface area contributed by atoms with Crippen LogP contribution in [0.15, 0.2) is 5.16 Å². The maximum absolute atomic E-state index is 11.8. The van der Waals surface area contributed by atoms with Gasteiger partial charge >= 0.3 is 11.9 Å². The number of hydrogen-bond donors (Lipinski definition) is 0. The molecule has 2 aliphatic heterocycles. The fraction of sp³-hybridized carbons (Fsp3) is 0.750. The number of carbonyl (C=O) groups excluding carboxylic acids is 2. The lowest BCUT2D eigenvalue weighted by molar-refractivity contribution is -0.154. The lowest BCUT2D eigenvalue weighted by Gasteiger charge is -2.48. The number of cyclic esters (lactones) is 2. The van der Waals surface area contributed by atoms with Crippen LogP contribution in [0, 0.1) is 29.6 Å². The van der Waals surface area contributed by atoms with E-state index in [1.165, 1.54) is 0 Å². The second-order valence-electron chi connectivity index (χ2n) is 5.53. The first-order chi connectivity index (χ1) is 8.18. The minimum absolute atomic E-state index is 0.00606. The molecule has 6 unspecified atom stereocenters. The summed E-state index contributed by atoms with van der Waals surface area (Å²) in [5.74, 6) is -0.684. The van der Waals surface area contributed by atoms with Crippen LogP contribution in [0.4, 0.5) is 0 Å². The van der Waals surface area contributed by atoms with E-state index in [9.17, 15) is 9.59 Å². The van der Waals surface area contributed by atoms with E-state index < -0.39 is 0 Å². The SMILES string of the molecule is CC1=NOC2C3CCC(C12)C1C(=O)OC(=O)C31. The van der Waals surface area contributed by atoms with Crippen molar-refractivity contribution in [2.24, 2.45) is 34.7 Å². The number of rotatable bonds is 0. The Kier molecular flexibility index (Phi) is 1.63. The predicted molar refractivity (Wildman–Crippen MR) is 55.8 cm³/mol. The number of carbonyl (C=O) groups is 2. The third-order valence-corrected chi connectivity index (χ3v) is 4.93. The number of ether oxygens (including phenoxy) is 1. The monoisotopic (exact) mass is 235 g/mol. The molecule has 3 aliphatic carbocycles. The molecule has 3 saturated carbocycles. The summed E-state index contributed by atoms with van der Waals surface area (Å²) in [5.41, 5.74) is 0.968. The Labute approximate surface area is 98.1 Å². The molecule has 1 saturated heterocycles. The lowest BCUT2D eigenvalue weighted by Crippen LogP contribution is -2.55. The molecule has 0 spiro atoms. The number of fused-ring (bicyclic) bond motifs is 1. The Balaban J connectivity index is 1.81. The molecule has 0 radical (unpaired) electrons. The van der Waals surface area contributed by atoms with E-state index in [1.54, 1.807) is 0 Å². The molecule has 2 bridgehead atoms. The average molecular weight is 235 g/mol. The second-order valence-corrected chi connectivity index (χ2v) is 5.53. The molecule has 0 aromatic carbocycles. The summed E-state index contributed by atoms with van der Waals surface area (Å²) in [6.07, 6.45) is 1.91. The highest BCUT2D eigenvalue weighted by molar-refractivity contribution is 5.98. The molecule has 0 aromatic heterocycles. The molecular weight excluding hydrogens is 222 g/mol. The summed E-state index contributed by atoms with van der Waals surface area (Å²) in [4.78, 5) is 29.0. The minimum atomic E-state index is -0.346. The second kappa shape index (κ2) is 2.89. The first kappa shape index (κ1) is 9.62. The predicted octanol–water partition coefficient (Wildman–Crippen LogP) is 0.733. The highest BCUT2D eigenvalue weighted by Crippen LogP contribution is 2.57. The maximum Gasteiger partial charge on any atom is 0.317 e. The lowest BCUT2D eigenvalue weighted by atomic mass is 9.53. The zero-order valence-corrected chi connectivity index (χ0v) is 9.46. The van der Waals surface area contributed by atoms with Crippen molar-refractivity contribution >= 4 is 17.7 Å². The number of oxime groups is 1. The van der Waals surface area contributed by atoms with Gasteiger partial charge in [0.05, 0.1) is 17.5 Å². The number of nitrogens with zero attached hydrogens (tertiary/aromatic N) is 1. The van der Waals surface area contributed by atoms with E-state index in [0.29, 0.717) is 0 Å². The van der Waals surface area contributed by atoms with Crippen molar-refractivity contribution in [1.29, 1.82) is 0 Å². The van der Waals surface area contributed by atoms with Crippen LogP contribution in [-0.4, -0.2) is 23.8 Å². The molecule has 0 aromatic rings. The summed E-state index contributed by atoms with van der Waals surface area (Å²) in [6.45, 7) is 1.95. The van der Waals surface area contributed by atoms with Crippen molar-refractivity contribution < 1.29 is 19.2 Å². The van der Waals surface area contributed by atoms with Gasteiger partial charge in [-0.1, -0.05) is 5.16 Å². The normalized spacial score (nSPS) is 50.5. The highest BCUT2D eigenvalue weighted by Gasteiger charge is 2.65. The van der Waals surface area contributed by atoms with E-state index in [2.05, 4.69) is 5.16 Å². The maximum atomic E-state index is 11.8. The number of hydrogen-bond acceptors (Lipinski definition) is 5. The summed E-state index contributed by atoms with van der Waals surface area (Å²) < 4.78 is 4.82. The van der Waals surface area contributed by atoms with Gasteiger partial charge in [0.25, 0.3) is 0 Å². The van der Waals surface area contributed by atoms with Gasteiger partial charge in [-0.3, -0.25) is 9.59 Å². The zero-order chi connectivity index (χ0) is 11.7. The molecule has 5 nitrogen and oxygen atoms in total. The van der Waals surface area contributed by atoms with E-state index in [4.69, 9.17) is 9.57 Å². The van der Waals surface area contributed by atoms with Gasteiger partial charge in [0.2, 0.25) is 0 Å². The summed E-state index contributed by atoms with van der Waals surface area (Å²) in [6, 6.07) is 0. The van der Waals surface area contributed by atoms with Crippen LogP contribution in [0.3, 0.4) is 0 Å². The van der Waals surface area contributed by atoms with Gasteiger partial charge in [-0.2, -0.15) is 0 Å². The Morgan fingerprint density at radius 3 is 2.47 bits per heavy atom. The molecular formula is C12H13NO4. The zero-order valence-electron chi connectivity index (χ0n) is 9.46. The minimum Gasteiger partial charge on any atom is -0.393 e. The van der Waals surface area contributed by atoms with Crippen molar-refractivity contribution in [3.8, 4) is 0 Å². The summed E-state index contributed by atoms with van der Waals surface area (Å²) >= 11 is 0. The quantitative estimate of drug-likeness (QED) is 0.458. The summed E-state index contributed by atoms with van der Waals surface area (Å²) in [5, 5.41) is 4.05. The fourth-order valence-corrected chi connectivity index (χ4v) is 4.33. The largest absolute Gasteiger partial charge is 0.393 e. The van der Waals surface area contributed by atoms with E-state index in [1.807, 2.05) is 6.92 Å². The van der Waals surface area contributed by atoms with Gasteiger partial charge in [0.1, 0.15) is 6.10 Å². The Morgan fingerprint density at radius 1 is 1.06 bits per heavy atom. The molecule has 0 amide bonds. The molecule has 2 heterocycles. The van der Waals surface area contributed by atoms with Gasteiger partial charge in [0.15, 0.2) is 0 Å². The molecule has 4 fully saturated rings. The molecule has 5 rings (SSSR count). The van der Waals surface area contributed by atoms with Crippen LogP contribution in [0.25, 0.3) is 0 Å². The van der Waals surface area contributed by atoms with Gasteiger partial charge in [-0.25, -0.2) is 0 Å². The molecule has 5 heteroatoms. The van der Waals surface area contributed by atoms with Crippen molar-refractivity contribution in [3.05, 3.63) is 0 Å². The Hall–Kier alpha value is -1.39. The van der Waals surface area contributed by atoms with Crippen LogP contribution in [0.5, 0.6) is 0 Å². The average Bonchev–Trinajstić information content (AvgIpc) is 2.85. The van der Waals surface area contributed by atoms with Crippen molar-refractivity contribution in [2.75, 3.05) is 0 Å². The summed E-state index contributed by atoms with van der Waals surface area (Å²) in [7, 11) is 0. The van der Waals surface area contributed by atoms with Crippen molar-refractivity contribution in [1.82, 2.24) is 0 Å². The molecule has 6 atom stereocenters. The smallest absolute Gasteiger partial charge is 0.317 e. The topological polar surface area (TPSA) is 65.0 Å². The fourth-order valence-electron chi connectivity index (χ4n) is 4.33. The standard InChI is InChI=1S/C12H13NO4/c1-4-7-5-2-3-6(10(7)17-13-4)9-8(5)11(14)16-12(9)15/h5-10H,2-3H2,1H3.